The number of rotatable bonds is 2. The maximum Gasteiger partial charge on any atom is 0.134 e. The van der Waals surface area contributed by atoms with Gasteiger partial charge in [0.2, 0.25) is 0 Å². The maximum atomic E-state index is 6.19. The fourth-order valence-electron chi connectivity index (χ4n) is 2.55. The second kappa shape index (κ2) is 4.47. The van der Waals surface area contributed by atoms with Gasteiger partial charge in [0.1, 0.15) is 11.3 Å². The molecule has 96 valence electrons. The van der Waals surface area contributed by atoms with Gasteiger partial charge in [-0.15, -0.1) is 0 Å². The number of nitrogen functional groups attached to an aromatic ring is 1. The Hall–Kier alpha value is -2.22. The Morgan fingerprint density at radius 3 is 2.63 bits per heavy atom. The predicted molar refractivity (Wildman–Crippen MR) is 80.2 cm³/mol. The number of hydrogen-bond donors (Lipinski definition) is 1. The smallest absolute Gasteiger partial charge is 0.134 e. The predicted octanol–water partition coefficient (Wildman–Crippen LogP) is 4.55. The lowest BCUT2D eigenvalue weighted by Crippen LogP contribution is -1.92. The van der Waals surface area contributed by atoms with Crippen molar-refractivity contribution in [3.05, 3.63) is 53.8 Å². The van der Waals surface area contributed by atoms with E-state index in [1.807, 2.05) is 31.2 Å². The van der Waals surface area contributed by atoms with Crippen LogP contribution in [0.3, 0.4) is 0 Å². The molecule has 3 rings (SSSR count). The van der Waals surface area contributed by atoms with E-state index in [1.165, 1.54) is 5.56 Å². The van der Waals surface area contributed by atoms with E-state index in [0.717, 1.165) is 40.0 Å². The summed E-state index contributed by atoms with van der Waals surface area (Å²) in [6.07, 6.45) is 0.858. The van der Waals surface area contributed by atoms with Crippen molar-refractivity contribution < 1.29 is 4.42 Å². The van der Waals surface area contributed by atoms with Crippen LogP contribution in [0.4, 0.5) is 5.69 Å². The molecule has 0 aliphatic heterocycles. The summed E-state index contributed by atoms with van der Waals surface area (Å²) in [5.41, 5.74) is 11.3. The quantitative estimate of drug-likeness (QED) is 0.678. The molecule has 0 atom stereocenters. The van der Waals surface area contributed by atoms with Crippen molar-refractivity contribution in [2.75, 3.05) is 5.73 Å². The van der Waals surface area contributed by atoms with Gasteiger partial charge >= 0.3 is 0 Å². The third-order valence-electron chi connectivity index (χ3n) is 3.47. The molecule has 3 aromatic rings. The van der Waals surface area contributed by atoms with Gasteiger partial charge in [-0.1, -0.05) is 37.3 Å². The van der Waals surface area contributed by atoms with Gasteiger partial charge in [0, 0.05) is 28.6 Å². The first-order chi connectivity index (χ1) is 9.20. The van der Waals surface area contributed by atoms with E-state index in [9.17, 15) is 0 Å². The van der Waals surface area contributed by atoms with Gasteiger partial charge in [0.15, 0.2) is 0 Å². The Morgan fingerprint density at radius 2 is 1.89 bits per heavy atom. The Kier molecular flexibility index (Phi) is 2.79. The molecule has 1 heterocycles. The van der Waals surface area contributed by atoms with Crippen molar-refractivity contribution in [3.8, 4) is 11.1 Å². The molecular weight excluding hydrogens is 234 g/mol. The fraction of sp³-hybridized carbons (Fsp3) is 0.176. The minimum Gasteiger partial charge on any atom is -0.460 e. The number of nitrogens with two attached hydrogens (primary N) is 1. The second-order valence-electron chi connectivity index (χ2n) is 4.84. The van der Waals surface area contributed by atoms with Crippen LogP contribution in [-0.4, -0.2) is 0 Å². The average molecular weight is 251 g/mol. The third kappa shape index (κ3) is 1.89. The van der Waals surface area contributed by atoms with Gasteiger partial charge in [-0.25, -0.2) is 0 Å². The number of hydrogen-bond acceptors (Lipinski definition) is 2. The lowest BCUT2D eigenvalue weighted by atomic mass is 9.98. The van der Waals surface area contributed by atoms with Crippen molar-refractivity contribution in [3.63, 3.8) is 0 Å². The summed E-state index contributed by atoms with van der Waals surface area (Å²) in [6.45, 7) is 4.15. The molecule has 0 saturated heterocycles. The van der Waals surface area contributed by atoms with E-state index in [2.05, 4.69) is 25.1 Å². The van der Waals surface area contributed by atoms with Crippen molar-refractivity contribution in [2.24, 2.45) is 0 Å². The van der Waals surface area contributed by atoms with E-state index in [4.69, 9.17) is 10.2 Å². The van der Waals surface area contributed by atoms with E-state index < -0.39 is 0 Å². The zero-order chi connectivity index (χ0) is 13.4. The highest BCUT2D eigenvalue weighted by Gasteiger charge is 2.16. The molecule has 0 unspecified atom stereocenters. The van der Waals surface area contributed by atoms with Crippen LogP contribution in [0.5, 0.6) is 0 Å². The molecule has 2 N–H and O–H groups in total. The summed E-state index contributed by atoms with van der Waals surface area (Å²) in [6, 6.07) is 14.3. The summed E-state index contributed by atoms with van der Waals surface area (Å²) < 4.78 is 5.93. The van der Waals surface area contributed by atoms with Crippen LogP contribution in [0.15, 0.2) is 46.9 Å². The Bertz CT molecular complexity index is 740. The molecule has 0 aliphatic rings. The van der Waals surface area contributed by atoms with Crippen LogP contribution in [0, 0.1) is 6.92 Å². The highest BCUT2D eigenvalue weighted by molar-refractivity contribution is 5.98. The molecule has 0 saturated carbocycles. The Labute approximate surface area is 112 Å². The summed E-state index contributed by atoms with van der Waals surface area (Å²) in [7, 11) is 0. The van der Waals surface area contributed by atoms with Gasteiger partial charge < -0.3 is 10.2 Å². The highest BCUT2D eigenvalue weighted by atomic mass is 16.3. The molecule has 0 spiro atoms. The van der Waals surface area contributed by atoms with E-state index in [-0.39, 0.29) is 0 Å². The first-order valence-electron chi connectivity index (χ1n) is 6.57. The summed E-state index contributed by atoms with van der Waals surface area (Å²) in [5.74, 6) is 0.997. The lowest BCUT2D eigenvalue weighted by Gasteiger charge is -2.07. The fourth-order valence-corrected chi connectivity index (χ4v) is 2.55. The number of anilines is 1. The molecule has 2 nitrogen and oxygen atoms in total. The normalized spacial score (nSPS) is 11.1. The third-order valence-corrected chi connectivity index (χ3v) is 3.47. The van der Waals surface area contributed by atoms with Crippen LogP contribution < -0.4 is 5.73 Å². The van der Waals surface area contributed by atoms with Gasteiger partial charge in [-0.2, -0.15) is 0 Å². The molecule has 2 heteroatoms. The van der Waals surface area contributed by atoms with E-state index in [0.29, 0.717) is 0 Å². The highest BCUT2D eigenvalue weighted by Crippen LogP contribution is 2.38. The minimum atomic E-state index is 0.807. The van der Waals surface area contributed by atoms with Crippen molar-refractivity contribution in [1.82, 2.24) is 0 Å². The molecule has 0 radical (unpaired) electrons. The van der Waals surface area contributed by atoms with Gasteiger partial charge in [-0.05, 0) is 24.6 Å². The van der Waals surface area contributed by atoms with Crippen LogP contribution in [0.2, 0.25) is 0 Å². The number of benzene rings is 2. The first-order valence-corrected chi connectivity index (χ1v) is 6.57. The second-order valence-corrected chi connectivity index (χ2v) is 4.84. The number of aryl methyl sites for hydroxylation is 2. The standard InChI is InChI=1S/C17H17NO/c1-3-15-17(12-9-8-11(2)10-14(12)18)13-6-4-5-7-16(13)19-15/h4-10H,3,18H2,1-2H3. The number of fused-ring (bicyclic) bond motifs is 1. The minimum absolute atomic E-state index is 0.807. The van der Waals surface area contributed by atoms with Crippen molar-refractivity contribution in [1.29, 1.82) is 0 Å². The van der Waals surface area contributed by atoms with E-state index >= 15 is 0 Å². The van der Waals surface area contributed by atoms with Gasteiger partial charge in [0.05, 0.1) is 0 Å². The lowest BCUT2D eigenvalue weighted by molar-refractivity contribution is 0.558. The summed E-state index contributed by atoms with van der Waals surface area (Å²) in [5, 5.41) is 1.13. The van der Waals surface area contributed by atoms with E-state index in [1.54, 1.807) is 0 Å². The zero-order valence-electron chi connectivity index (χ0n) is 11.2. The molecule has 2 aromatic carbocycles. The van der Waals surface area contributed by atoms with Crippen LogP contribution in [0.1, 0.15) is 18.2 Å². The first kappa shape index (κ1) is 11.8. The molecule has 0 amide bonds. The SMILES string of the molecule is CCc1oc2ccccc2c1-c1ccc(C)cc1N. The molecule has 0 aliphatic carbocycles. The van der Waals surface area contributed by atoms with Gasteiger partial charge in [0.25, 0.3) is 0 Å². The van der Waals surface area contributed by atoms with Crippen LogP contribution in [0.25, 0.3) is 22.1 Å². The largest absolute Gasteiger partial charge is 0.460 e. The van der Waals surface area contributed by atoms with Crippen molar-refractivity contribution >= 4 is 16.7 Å². The molecule has 0 bridgehead atoms. The summed E-state index contributed by atoms with van der Waals surface area (Å²) in [4.78, 5) is 0. The maximum absolute atomic E-state index is 6.19. The molecular formula is C17H17NO. The number of para-hydroxylation sites is 1. The number of furan rings is 1. The monoisotopic (exact) mass is 251 g/mol. The van der Waals surface area contributed by atoms with Gasteiger partial charge in [-0.3, -0.25) is 0 Å². The summed E-state index contributed by atoms with van der Waals surface area (Å²) >= 11 is 0. The Morgan fingerprint density at radius 1 is 1.11 bits per heavy atom. The molecule has 19 heavy (non-hydrogen) atoms. The molecule has 1 aromatic heterocycles. The average Bonchev–Trinajstić information content (AvgIpc) is 2.77. The Balaban J connectivity index is 2.34. The van der Waals surface area contributed by atoms with Crippen molar-refractivity contribution in [2.45, 2.75) is 20.3 Å². The van der Waals surface area contributed by atoms with Crippen LogP contribution in [-0.2, 0) is 6.42 Å². The zero-order valence-corrected chi connectivity index (χ0v) is 11.2. The van der Waals surface area contributed by atoms with Crippen LogP contribution >= 0.6 is 0 Å². The topological polar surface area (TPSA) is 39.2 Å². The molecule has 0 fully saturated rings.